The molecule has 76 valence electrons. The van der Waals surface area contributed by atoms with Crippen LogP contribution < -0.4 is 16.0 Å². The van der Waals surface area contributed by atoms with E-state index >= 15 is 0 Å². The van der Waals surface area contributed by atoms with Crippen LogP contribution in [0.1, 0.15) is 20.8 Å². The number of hydrogen-bond donors (Lipinski definition) is 3. The quantitative estimate of drug-likeness (QED) is 0.561. The molecule has 0 aliphatic heterocycles. The molecule has 0 atom stereocenters. The maximum absolute atomic E-state index is 11.1. The molecule has 3 amide bonds. The first-order valence-electron chi connectivity index (χ1n) is 4.12. The summed E-state index contributed by atoms with van der Waals surface area (Å²) in [7, 11) is 1.50. The molecule has 0 heterocycles. The van der Waals surface area contributed by atoms with Gasteiger partial charge in [-0.25, -0.2) is 4.79 Å². The summed E-state index contributed by atoms with van der Waals surface area (Å²) in [5.74, 6) is -0.198. The smallest absolute Gasteiger partial charge is 0.314 e. The van der Waals surface area contributed by atoms with E-state index in [1.807, 2.05) is 20.8 Å². The highest BCUT2D eigenvalue weighted by Crippen LogP contribution is 1.96. The Bertz CT molecular complexity index is 196. The highest BCUT2D eigenvalue weighted by molar-refractivity contribution is 5.84. The highest BCUT2D eigenvalue weighted by Gasteiger charge is 2.13. The van der Waals surface area contributed by atoms with Crippen LogP contribution in [0.4, 0.5) is 4.79 Å². The van der Waals surface area contributed by atoms with Gasteiger partial charge in [-0.1, -0.05) is 0 Å². The summed E-state index contributed by atoms with van der Waals surface area (Å²) >= 11 is 0. The first kappa shape index (κ1) is 11.7. The SMILES string of the molecule is CNC(=O)NCC(=O)NC(C)(C)C. The first-order chi connectivity index (χ1) is 5.85. The molecule has 0 radical (unpaired) electrons. The number of rotatable bonds is 2. The Kier molecular flexibility index (Phi) is 4.23. The van der Waals surface area contributed by atoms with E-state index in [0.29, 0.717) is 0 Å². The van der Waals surface area contributed by atoms with E-state index in [1.165, 1.54) is 7.05 Å². The Morgan fingerprint density at radius 2 is 1.77 bits per heavy atom. The van der Waals surface area contributed by atoms with Crippen LogP contribution in [0.5, 0.6) is 0 Å². The highest BCUT2D eigenvalue weighted by atomic mass is 16.2. The number of carbonyl (C=O) groups excluding carboxylic acids is 2. The molecule has 0 saturated carbocycles. The minimum absolute atomic E-state index is 0.00303. The predicted molar refractivity (Wildman–Crippen MR) is 50.4 cm³/mol. The van der Waals surface area contributed by atoms with Gasteiger partial charge in [0.25, 0.3) is 0 Å². The van der Waals surface area contributed by atoms with Crippen molar-refractivity contribution in [2.75, 3.05) is 13.6 Å². The molecule has 5 heteroatoms. The van der Waals surface area contributed by atoms with Crippen molar-refractivity contribution in [2.24, 2.45) is 0 Å². The lowest BCUT2D eigenvalue weighted by Crippen LogP contribution is -2.47. The number of amides is 3. The zero-order valence-electron chi connectivity index (χ0n) is 8.52. The lowest BCUT2D eigenvalue weighted by molar-refractivity contribution is -0.121. The Labute approximate surface area is 78.3 Å². The summed E-state index contributed by atoms with van der Waals surface area (Å²) in [5, 5.41) is 7.46. The molecule has 0 rings (SSSR count). The second-order valence-electron chi connectivity index (χ2n) is 3.73. The van der Waals surface area contributed by atoms with Crippen molar-refractivity contribution in [3.63, 3.8) is 0 Å². The van der Waals surface area contributed by atoms with Crippen LogP contribution in [0.25, 0.3) is 0 Å². The molecular weight excluding hydrogens is 170 g/mol. The lowest BCUT2D eigenvalue weighted by Gasteiger charge is -2.20. The van der Waals surface area contributed by atoms with Crippen molar-refractivity contribution >= 4 is 11.9 Å². The molecule has 0 saturated heterocycles. The van der Waals surface area contributed by atoms with Crippen molar-refractivity contribution in [1.29, 1.82) is 0 Å². The third kappa shape index (κ3) is 7.11. The van der Waals surface area contributed by atoms with Gasteiger partial charge in [0.1, 0.15) is 0 Å². The van der Waals surface area contributed by atoms with E-state index < -0.39 is 0 Å². The number of nitrogens with one attached hydrogen (secondary N) is 3. The molecule has 5 nitrogen and oxygen atoms in total. The van der Waals surface area contributed by atoms with Gasteiger partial charge in [0.2, 0.25) is 5.91 Å². The summed E-state index contributed by atoms with van der Waals surface area (Å²) in [6.07, 6.45) is 0. The second kappa shape index (κ2) is 4.69. The van der Waals surface area contributed by atoms with Gasteiger partial charge < -0.3 is 16.0 Å². The van der Waals surface area contributed by atoms with Gasteiger partial charge in [-0.3, -0.25) is 4.79 Å². The molecule has 0 spiro atoms. The molecule has 13 heavy (non-hydrogen) atoms. The summed E-state index contributed by atoms with van der Waals surface area (Å²) < 4.78 is 0. The van der Waals surface area contributed by atoms with Gasteiger partial charge in [-0.15, -0.1) is 0 Å². The van der Waals surface area contributed by atoms with E-state index in [1.54, 1.807) is 0 Å². The second-order valence-corrected chi connectivity index (χ2v) is 3.73. The summed E-state index contributed by atoms with van der Waals surface area (Å²) in [4.78, 5) is 21.8. The zero-order chi connectivity index (χ0) is 10.5. The summed E-state index contributed by atoms with van der Waals surface area (Å²) in [6.45, 7) is 5.64. The van der Waals surface area contributed by atoms with Crippen molar-refractivity contribution in [3.05, 3.63) is 0 Å². The maximum Gasteiger partial charge on any atom is 0.314 e. The minimum Gasteiger partial charge on any atom is -0.350 e. The summed E-state index contributed by atoms with van der Waals surface area (Å²) in [5.41, 5.74) is -0.262. The number of urea groups is 1. The largest absolute Gasteiger partial charge is 0.350 e. The van der Waals surface area contributed by atoms with E-state index in [-0.39, 0.29) is 24.0 Å². The van der Waals surface area contributed by atoms with Crippen LogP contribution in [0.3, 0.4) is 0 Å². The van der Waals surface area contributed by atoms with Gasteiger partial charge in [-0.2, -0.15) is 0 Å². The third-order valence-corrected chi connectivity index (χ3v) is 1.15. The Morgan fingerprint density at radius 3 is 2.15 bits per heavy atom. The molecule has 0 aromatic carbocycles. The van der Waals surface area contributed by atoms with Crippen molar-refractivity contribution in [3.8, 4) is 0 Å². The Morgan fingerprint density at radius 1 is 1.23 bits per heavy atom. The molecule has 0 aromatic rings. The maximum atomic E-state index is 11.1. The van der Waals surface area contributed by atoms with Crippen LogP contribution >= 0.6 is 0 Å². The van der Waals surface area contributed by atoms with Crippen LogP contribution in [-0.2, 0) is 4.79 Å². The van der Waals surface area contributed by atoms with Gasteiger partial charge in [0.05, 0.1) is 6.54 Å². The molecule has 0 aliphatic carbocycles. The standard InChI is InChI=1S/C8H17N3O2/c1-8(2,3)11-6(12)5-10-7(13)9-4/h5H2,1-4H3,(H,11,12)(H2,9,10,13). The zero-order valence-corrected chi connectivity index (χ0v) is 8.52. The van der Waals surface area contributed by atoms with Crippen molar-refractivity contribution in [2.45, 2.75) is 26.3 Å². The fraction of sp³-hybridized carbons (Fsp3) is 0.750. The molecule has 0 aliphatic rings. The number of hydrogen-bond acceptors (Lipinski definition) is 2. The van der Waals surface area contributed by atoms with Crippen molar-refractivity contribution < 1.29 is 9.59 Å². The van der Waals surface area contributed by atoms with Crippen molar-refractivity contribution in [1.82, 2.24) is 16.0 Å². The molecular formula is C8H17N3O2. The predicted octanol–water partition coefficient (Wildman–Crippen LogP) is -0.170. The van der Waals surface area contributed by atoms with Gasteiger partial charge in [-0.05, 0) is 20.8 Å². The fourth-order valence-corrected chi connectivity index (χ4v) is 0.711. The average Bonchev–Trinajstić information content (AvgIpc) is 1.97. The van der Waals surface area contributed by atoms with Crippen LogP contribution in [0.2, 0.25) is 0 Å². The van der Waals surface area contributed by atoms with E-state index in [9.17, 15) is 9.59 Å². The first-order valence-corrected chi connectivity index (χ1v) is 4.12. The normalized spacial score (nSPS) is 10.5. The molecule has 3 N–H and O–H groups in total. The van der Waals surface area contributed by atoms with Crippen LogP contribution in [-0.4, -0.2) is 31.1 Å². The van der Waals surface area contributed by atoms with Gasteiger partial charge in [0.15, 0.2) is 0 Å². The van der Waals surface area contributed by atoms with Gasteiger partial charge in [0, 0.05) is 12.6 Å². The lowest BCUT2D eigenvalue weighted by atomic mass is 10.1. The Balaban J connectivity index is 3.71. The third-order valence-electron chi connectivity index (χ3n) is 1.15. The van der Waals surface area contributed by atoms with Crippen LogP contribution in [0.15, 0.2) is 0 Å². The summed E-state index contributed by atoms with van der Waals surface area (Å²) in [6, 6.07) is -0.357. The molecule has 0 aromatic heterocycles. The van der Waals surface area contributed by atoms with Crippen LogP contribution in [0, 0.1) is 0 Å². The molecule has 0 unspecified atom stereocenters. The minimum atomic E-state index is -0.357. The Hall–Kier alpha value is -1.26. The number of carbonyl (C=O) groups is 2. The topological polar surface area (TPSA) is 70.2 Å². The monoisotopic (exact) mass is 187 g/mol. The van der Waals surface area contributed by atoms with E-state index in [0.717, 1.165) is 0 Å². The molecule has 0 bridgehead atoms. The van der Waals surface area contributed by atoms with E-state index in [4.69, 9.17) is 0 Å². The average molecular weight is 187 g/mol. The van der Waals surface area contributed by atoms with Gasteiger partial charge >= 0.3 is 6.03 Å². The van der Waals surface area contributed by atoms with E-state index in [2.05, 4.69) is 16.0 Å². The fourth-order valence-electron chi connectivity index (χ4n) is 0.711. The molecule has 0 fully saturated rings.